The maximum Gasteiger partial charge on any atom is 0.315 e. The Morgan fingerprint density at radius 1 is 0.922 bits per heavy atom. The summed E-state index contributed by atoms with van der Waals surface area (Å²) in [6, 6.07) is -3.62. The fourth-order valence-electron chi connectivity index (χ4n) is 8.12. The molecule has 0 bridgehead atoms. The highest BCUT2D eigenvalue weighted by Crippen LogP contribution is 2.43. The lowest BCUT2D eigenvalue weighted by atomic mass is 9.74. The highest BCUT2D eigenvalue weighted by molar-refractivity contribution is 6.38. The van der Waals surface area contributed by atoms with Gasteiger partial charge < -0.3 is 31.1 Å². The van der Waals surface area contributed by atoms with Crippen LogP contribution in [0.5, 0.6) is 0 Å². The second kappa shape index (κ2) is 16.9. The quantitative estimate of drug-likeness (QED) is 0.149. The summed E-state index contributed by atoms with van der Waals surface area (Å²) in [5, 5.41) is 11.6. The molecule has 286 valence electrons. The maximum atomic E-state index is 14.6. The Bertz CT molecular complexity index is 1320. The number of hydrogen-bond donors (Lipinski definition) is 4. The van der Waals surface area contributed by atoms with Gasteiger partial charge in [0.2, 0.25) is 23.5 Å². The van der Waals surface area contributed by atoms with Crippen LogP contribution in [0.4, 0.5) is 4.79 Å². The summed E-state index contributed by atoms with van der Waals surface area (Å²) in [5.74, 6) is -1.62. The Morgan fingerprint density at radius 3 is 2.20 bits per heavy atom. The van der Waals surface area contributed by atoms with Crippen LogP contribution in [0.1, 0.15) is 113 Å². The van der Waals surface area contributed by atoms with Crippen LogP contribution in [0.25, 0.3) is 0 Å². The Balaban J connectivity index is 1.54. The zero-order valence-electron chi connectivity index (χ0n) is 32.1. The first-order valence-electron chi connectivity index (χ1n) is 19.3. The number of hydrogen-bond acceptors (Lipinski definition) is 6. The van der Waals surface area contributed by atoms with Crippen molar-refractivity contribution in [1.29, 1.82) is 0 Å². The summed E-state index contributed by atoms with van der Waals surface area (Å²) in [6.07, 6.45) is 9.74. The largest absolute Gasteiger partial charge is 0.346 e. The third kappa shape index (κ3) is 9.71. The molecule has 12 nitrogen and oxygen atoms in total. The third-order valence-corrected chi connectivity index (χ3v) is 12.4. The lowest BCUT2D eigenvalue weighted by molar-refractivity contribution is -0.144. The Hall–Kier alpha value is -3.44. The van der Waals surface area contributed by atoms with Gasteiger partial charge in [-0.15, -0.1) is 6.58 Å². The third-order valence-electron chi connectivity index (χ3n) is 12.4. The van der Waals surface area contributed by atoms with E-state index in [0.29, 0.717) is 32.5 Å². The molecule has 4 fully saturated rings. The summed E-state index contributed by atoms with van der Waals surface area (Å²) >= 11 is 0. The smallest absolute Gasteiger partial charge is 0.315 e. The van der Waals surface area contributed by atoms with Gasteiger partial charge in [0.15, 0.2) is 0 Å². The van der Waals surface area contributed by atoms with Crippen LogP contribution in [0.2, 0.25) is 0 Å². The molecule has 0 aromatic heterocycles. The molecule has 12 heteroatoms. The average Bonchev–Trinajstić information content (AvgIpc) is 3.64. The van der Waals surface area contributed by atoms with E-state index in [9.17, 15) is 28.8 Å². The molecule has 2 heterocycles. The molecule has 2 saturated heterocycles. The molecule has 2 aliphatic heterocycles. The number of fused-ring (bicyclic) bond motifs is 1. The predicted octanol–water partition coefficient (Wildman–Crippen LogP) is 3.94. The summed E-state index contributed by atoms with van der Waals surface area (Å²) in [6.45, 7) is 19.2. The number of amides is 6. The summed E-state index contributed by atoms with van der Waals surface area (Å²) in [7, 11) is 0. The van der Waals surface area contributed by atoms with E-state index in [-0.39, 0.29) is 53.5 Å². The van der Waals surface area contributed by atoms with Crippen molar-refractivity contribution in [2.24, 2.45) is 34.5 Å². The highest BCUT2D eigenvalue weighted by Gasteiger charge is 2.52. The van der Waals surface area contributed by atoms with Crippen molar-refractivity contribution in [1.82, 2.24) is 31.1 Å². The molecule has 6 atom stereocenters. The van der Waals surface area contributed by atoms with Gasteiger partial charge in [0.05, 0.1) is 12.1 Å². The number of Topliss-reactive ketones (excluding diaryl/α,β-unsaturated/α-hetero) is 1. The molecule has 51 heavy (non-hydrogen) atoms. The zero-order chi connectivity index (χ0) is 37.7. The van der Waals surface area contributed by atoms with E-state index in [1.165, 1.54) is 6.08 Å². The molecular formula is C39H64N6O6. The van der Waals surface area contributed by atoms with E-state index in [1.54, 1.807) is 4.90 Å². The summed E-state index contributed by atoms with van der Waals surface area (Å²) in [5.41, 5.74) is -1.06. The monoisotopic (exact) mass is 712 g/mol. The molecule has 0 aromatic rings. The minimum absolute atomic E-state index is 0.0734. The second-order valence-electron chi connectivity index (χ2n) is 17.5. The van der Waals surface area contributed by atoms with Crippen molar-refractivity contribution in [3.63, 3.8) is 0 Å². The van der Waals surface area contributed by atoms with Gasteiger partial charge in [-0.25, -0.2) is 4.79 Å². The molecule has 0 aromatic carbocycles. The molecular weight excluding hydrogens is 648 g/mol. The number of nitrogens with zero attached hydrogens (tertiary/aromatic N) is 2. The van der Waals surface area contributed by atoms with Gasteiger partial charge in [-0.1, -0.05) is 80.2 Å². The van der Waals surface area contributed by atoms with Crippen LogP contribution >= 0.6 is 0 Å². The molecule has 0 radical (unpaired) electrons. The minimum atomic E-state index is -0.986. The Kier molecular flexibility index (Phi) is 13.4. The summed E-state index contributed by atoms with van der Waals surface area (Å²) in [4.78, 5) is 84.9. The van der Waals surface area contributed by atoms with Gasteiger partial charge in [-0.05, 0) is 66.6 Å². The van der Waals surface area contributed by atoms with Crippen LogP contribution in [0, 0.1) is 34.5 Å². The van der Waals surface area contributed by atoms with Crippen LogP contribution in [0.3, 0.4) is 0 Å². The van der Waals surface area contributed by atoms with E-state index in [0.717, 1.165) is 51.4 Å². The molecule has 4 N–H and O–H groups in total. The average molecular weight is 713 g/mol. The first-order valence-corrected chi connectivity index (χ1v) is 19.3. The SMILES string of the molecule is C=CCNC(=O)C(=O)C(CC1CCC1)NC(=O)[C@@H]1[C@H]2CCC[C@H]2CN1C(=O)[C@@H](NC(=O)N[C@H](CN1CCCCC1=O)C(C)(C)C(C)C)C(C)(C)C. The van der Waals surface area contributed by atoms with Crippen LogP contribution < -0.4 is 21.3 Å². The van der Waals surface area contributed by atoms with E-state index in [1.807, 2.05) is 25.7 Å². The van der Waals surface area contributed by atoms with Crippen molar-refractivity contribution >= 4 is 35.4 Å². The van der Waals surface area contributed by atoms with Gasteiger partial charge in [-0.3, -0.25) is 24.0 Å². The lowest BCUT2D eigenvalue weighted by Crippen LogP contribution is -2.63. The van der Waals surface area contributed by atoms with Gasteiger partial charge >= 0.3 is 6.03 Å². The summed E-state index contributed by atoms with van der Waals surface area (Å²) < 4.78 is 0. The Morgan fingerprint density at radius 2 is 1.61 bits per heavy atom. The fourth-order valence-corrected chi connectivity index (χ4v) is 8.12. The van der Waals surface area contributed by atoms with E-state index in [2.05, 4.69) is 55.5 Å². The van der Waals surface area contributed by atoms with Crippen molar-refractivity contribution < 1.29 is 28.8 Å². The van der Waals surface area contributed by atoms with Crippen molar-refractivity contribution in [3.8, 4) is 0 Å². The number of ketones is 1. The van der Waals surface area contributed by atoms with Crippen molar-refractivity contribution in [2.45, 2.75) is 137 Å². The van der Waals surface area contributed by atoms with Crippen LogP contribution in [-0.4, -0.2) is 95.6 Å². The molecule has 2 aliphatic carbocycles. The van der Waals surface area contributed by atoms with Crippen LogP contribution in [-0.2, 0) is 24.0 Å². The first-order chi connectivity index (χ1) is 23.9. The van der Waals surface area contributed by atoms with Gasteiger partial charge in [0.1, 0.15) is 12.1 Å². The topological polar surface area (TPSA) is 157 Å². The number of carbonyl (C=O) groups excluding carboxylic acids is 6. The van der Waals surface area contributed by atoms with Gasteiger partial charge in [0, 0.05) is 32.6 Å². The van der Waals surface area contributed by atoms with Crippen molar-refractivity contribution in [2.75, 3.05) is 26.2 Å². The fraction of sp³-hybridized carbons (Fsp3) is 0.795. The molecule has 1 unspecified atom stereocenters. The van der Waals surface area contributed by atoms with Gasteiger partial charge in [-0.2, -0.15) is 0 Å². The standard InChI is InChI=1S/C39H64N6O6/c1-9-19-40-35(49)32(47)28(21-25-14-12-15-25)41-34(48)31-27-17-13-16-26(27)22-45(31)36(50)33(38(4,5)6)43-37(51)42-29(39(7,8)24(2)3)23-44-20-11-10-18-30(44)46/h9,24-29,31,33H,1,10-23H2,2-8H3,(H,40,49)(H,41,48)(H2,42,43,51)/t26-,27-,28?,29+,31-,33+/m0/s1. The number of nitrogens with one attached hydrogen (secondary N) is 4. The number of urea groups is 1. The minimum Gasteiger partial charge on any atom is -0.346 e. The molecule has 0 spiro atoms. The first kappa shape index (κ1) is 40.3. The van der Waals surface area contributed by atoms with E-state index in [4.69, 9.17) is 0 Å². The molecule has 4 aliphatic rings. The van der Waals surface area contributed by atoms with Crippen molar-refractivity contribution in [3.05, 3.63) is 12.7 Å². The van der Waals surface area contributed by atoms with E-state index >= 15 is 0 Å². The zero-order valence-corrected chi connectivity index (χ0v) is 32.1. The number of carbonyl (C=O) groups is 6. The number of likely N-dealkylation sites (tertiary alicyclic amines) is 2. The molecule has 6 amide bonds. The van der Waals surface area contributed by atoms with E-state index < -0.39 is 47.2 Å². The normalized spacial score (nSPS) is 24.2. The predicted molar refractivity (Wildman–Crippen MR) is 196 cm³/mol. The number of piperidine rings is 1. The lowest BCUT2D eigenvalue weighted by Gasteiger charge is -2.42. The maximum absolute atomic E-state index is 14.6. The molecule has 4 rings (SSSR count). The van der Waals surface area contributed by atoms with Crippen LogP contribution in [0.15, 0.2) is 12.7 Å². The van der Waals surface area contributed by atoms with Gasteiger partial charge in [0.25, 0.3) is 5.91 Å². The highest BCUT2D eigenvalue weighted by atomic mass is 16.2. The second-order valence-corrected chi connectivity index (χ2v) is 17.5. The Labute approximate surface area is 305 Å². The molecule has 2 saturated carbocycles. The number of rotatable bonds is 15.